The van der Waals surface area contributed by atoms with E-state index in [2.05, 4.69) is 413 Å². The Kier molecular flexibility index (Phi) is 22.4. The first-order valence-corrected chi connectivity index (χ1v) is 34.2. The molecule has 0 fully saturated rings. The summed E-state index contributed by atoms with van der Waals surface area (Å²) in [4.78, 5) is 0. The molecule has 18 rings (SSSR count). The van der Waals surface area contributed by atoms with Gasteiger partial charge < -0.3 is 0 Å². The third kappa shape index (κ3) is 17.3. The Bertz CT molecular complexity index is 4420. The maximum absolute atomic E-state index is 2.21. The van der Waals surface area contributed by atoms with Crippen molar-refractivity contribution < 1.29 is 0 Å². The van der Waals surface area contributed by atoms with Crippen molar-refractivity contribution in [1.82, 2.24) is 0 Å². The first-order valence-electron chi connectivity index (χ1n) is 34.2. The molecule has 18 aromatic rings. The zero-order valence-corrected chi connectivity index (χ0v) is 55.9. The summed E-state index contributed by atoms with van der Waals surface area (Å²) in [6.07, 6.45) is 0. The van der Waals surface area contributed by atoms with Gasteiger partial charge in [-0.3, -0.25) is 0 Å². The zero-order valence-electron chi connectivity index (χ0n) is 55.9. The van der Waals surface area contributed by atoms with Gasteiger partial charge >= 0.3 is 0 Å². The second-order valence-electron chi connectivity index (χ2n) is 24.2. The monoisotopic (exact) mass is 1280 g/mol. The Balaban J connectivity index is 0.000000108. The number of rotatable bonds is 8. The number of hydrogen-bond donors (Lipinski definition) is 0. The Morgan fingerprint density at radius 1 is 0.0700 bits per heavy atom. The lowest BCUT2D eigenvalue weighted by Gasteiger charge is -2.09. The summed E-state index contributed by atoms with van der Waals surface area (Å²) in [6.45, 7) is 0. The molecule has 0 aliphatic heterocycles. The summed E-state index contributed by atoms with van der Waals surface area (Å²) in [5, 5.41) is 10.7. The van der Waals surface area contributed by atoms with E-state index in [9.17, 15) is 0 Å². The predicted molar refractivity (Wildman–Crippen MR) is 432 cm³/mol. The fraction of sp³-hybridized carbons (Fsp3) is 0. The molecule has 0 spiro atoms. The van der Waals surface area contributed by atoms with Crippen molar-refractivity contribution in [3.8, 4) is 89.0 Å². The first kappa shape index (κ1) is 65.7. The molecule has 0 N–H and O–H groups in total. The number of fused-ring (bicyclic) bond motifs is 7. The van der Waals surface area contributed by atoms with Crippen molar-refractivity contribution in [2.45, 2.75) is 0 Å². The smallest absolute Gasteiger partial charge is 0.00990 e. The molecule has 0 bridgehead atoms. The Hall–Kier alpha value is -13.0. The molecule has 0 aliphatic rings. The largest absolute Gasteiger partial charge is 0.0622 e. The summed E-state index contributed by atoms with van der Waals surface area (Å²) < 4.78 is 0. The lowest BCUT2D eigenvalue weighted by Crippen LogP contribution is -1.81. The van der Waals surface area contributed by atoms with Crippen molar-refractivity contribution in [2.75, 3.05) is 0 Å². The third-order valence-electron chi connectivity index (χ3n) is 17.7. The molecule has 0 aromatic heterocycles. The second kappa shape index (κ2) is 34.1. The van der Waals surface area contributed by atoms with Gasteiger partial charge in [-0.15, -0.1) is 0 Å². The van der Waals surface area contributed by atoms with Crippen molar-refractivity contribution in [3.05, 3.63) is 461 Å². The van der Waals surface area contributed by atoms with Crippen LogP contribution in [0.4, 0.5) is 0 Å². The van der Waals surface area contributed by atoms with Crippen LogP contribution in [0.25, 0.3) is 132 Å². The van der Waals surface area contributed by atoms with Gasteiger partial charge in [-0.1, -0.05) is 461 Å². The average molecular weight is 1280 g/mol. The van der Waals surface area contributed by atoms with Crippen LogP contribution >= 0.6 is 0 Å². The summed E-state index contributed by atoms with van der Waals surface area (Å²) >= 11 is 0. The Morgan fingerprint density at radius 2 is 0.160 bits per heavy atom. The molecule has 0 heterocycles. The predicted octanol–water partition coefficient (Wildman–Crippen LogP) is 28.1. The first-order chi connectivity index (χ1) is 49.6. The van der Waals surface area contributed by atoms with E-state index in [-0.39, 0.29) is 0 Å². The van der Waals surface area contributed by atoms with Gasteiger partial charge in [-0.05, 0) is 132 Å². The van der Waals surface area contributed by atoms with Crippen molar-refractivity contribution >= 4 is 43.1 Å². The lowest BCUT2D eigenvalue weighted by atomic mass is 9.95. The molecule has 0 heteroatoms. The van der Waals surface area contributed by atoms with Crippen LogP contribution in [-0.4, -0.2) is 0 Å². The van der Waals surface area contributed by atoms with Gasteiger partial charge in [0.1, 0.15) is 0 Å². The average Bonchev–Trinajstić information content (AvgIpc) is 0.752. The van der Waals surface area contributed by atoms with Gasteiger partial charge in [-0.2, -0.15) is 0 Å². The normalized spacial score (nSPS) is 10.4. The van der Waals surface area contributed by atoms with Crippen LogP contribution < -0.4 is 0 Å². The quantitative estimate of drug-likeness (QED) is 0.133. The summed E-state index contributed by atoms with van der Waals surface area (Å²) in [5.74, 6) is 0. The van der Waals surface area contributed by atoms with Crippen LogP contribution in [-0.2, 0) is 0 Å². The lowest BCUT2D eigenvalue weighted by molar-refractivity contribution is 1.59. The van der Waals surface area contributed by atoms with Gasteiger partial charge in [-0.25, -0.2) is 0 Å². The van der Waals surface area contributed by atoms with E-state index in [4.69, 9.17) is 0 Å². The zero-order chi connectivity index (χ0) is 67.6. The topological polar surface area (TPSA) is 0 Å². The highest BCUT2D eigenvalue weighted by atomic mass is 14.1. The van der Waals surface area contributed by atoms with Gasteiger partial charge in [0, 0.05) is 0 Å². The minimum absolute atomic E-state index is 1.26. The summed E-state index contributed by atoms with van der Waals surface area (Å²) in [7, 11) is 0. The van der Waals surface area contributed by atoms with Crippen molar-refractivity contribution in [3.63, 3.8) is 0 Å². The fourth-order valence-corrected chi connectivity index (χ4v) is 12.5. The van der Waals surface area contributed by atoms with Crippen LogP contribution in [0.5, 0.6) is 0 Å². The van der Waals surface area contributed by atoms with Crippen molar-refractivity contribution in [1.29, 1.82) is 0 Å². The minimum atomic E-state index is 1.26. The van der Waals surface area contributed by atoms with Gasteiger partial charge in [0.05, 0.1) is 0 Å². The molecular formula is C100H76. The molecule has 0 amide bonds. The van der Waals surface area contributed by atoms with Crippen LogP contribution in [0.1, 0.15) is 0 Å². The maximum Gasteiger partial charge on any atom is -0.00990 e. The summed E-state index contributed by atoms with van der Waals surface area (Å²) in [6, 6.07) is 161. The van der Waals surface area contributed by atoms with Crippen molar-refractivity contribution in [2.24, 2.45) is 0 Å². The maximum atomic E-state index is 2.21. The van der Waals surface area contributed by atoms with Gasteiger partial charge in [0.2, 0.25) is 0 Å². The molecule has 100 heavy (non-hydrogen) atoms. The summed E-state index contributed by atoms with van der Waals surface area (Å²) in [5.41, 5.74) is 20.2. The molecule has 0 unspecified atom stereocenters. The number of hydrogen-bond acceptors (Lipinski definition) is 0. The Morgan fingerprint density at radius 3 is 0.280 bits per heavy atom. The molecule has 476 valence electrons. The van der Waals surface area contributed by atoms with E-state index in [0.717, 1.165) is 0 Å². The van der Waals surface area contributed by atoms with Gasteiger partial charge in [0.25, 0.3) is 0 Å². The third-order valence-corrected chi connectivity index (χ3v) is 17.7. The highest BCUT2D eigenvalue weighted by Crippen LogP contribution is 2.35. The molecule has 0 saturated heterocycles. The molecule has 0 saturated carbocycles. The molecular weight excluding hydrogens is 1200 g/mol. The molecule has 18 aromatic carbocycles. The highest BCUT2D eigenvalue weighted by molar-refractivity contribution is 6.25. The molecule has 0 aliphatic carbocycles. The van der Waals surface area contributed by atoms with E-state index in [1.165, 1.54) is 132 Å². The van der Waals surface area contributed by atoms with Crippen LogP contribution in [0, 0.1) is 0 Å². The highest BCUT2D eigenvalue weighted by Gasteiger charge is 2.08. The Labute approximate surface area is 589 Å². The molecule has 0 radical (unpaired) electrons. The van der Waals surface area contributed by atoms with Crippen LogP contribution in [0.3, 0.4) is 0 Å². The van der Waals surface area contributed by atoms with E-state index in [1.807, 2.05) is 48.5 Å². The fourth-order valence-electron chi connectivity index (χ4n) is 12.5. The number of benzene rings is 18. The van der Waals surface area contributed by atoms with E-state index in [1.54, 1.807) is 0 Å². The SMILES string of the molecule is c1ccc(-c2ccc(-c3ccccc3)cc2)cc1.c1ccc(-c2ccc(-c3ccccc3)cc2)cc1.c1ccc(-c2ccc(-c3ccccc3)cc2)cc1.c1ccc(-c2ccc(-c3ccccc3)cc2)cc1.c1ccc2c(c1)c1ccccc1c1ccccc21.c1ccc2ccccc2c1. The molecule has 0 atom stereocenters. The van der Waals surface area contributed by atoms with Gasteiger partial charge in [0.15, 0.2) is 0 Å². The van der Waals surface area contributed by atoms with E-state index in [0.29, 0.717) is 0 Å². The van der Waals surface area contributed by atoms with Crippen LogP contribution in [0.15, 0.2) is 461 Å². The minimum Gasteiger partial charge on any atom is -0.0622 e. The standard InChI is InChI=1S/C18H12.4C18H14.C10H8/c1-2-8-14-13(7-1)15-9-3-4-11-17(15)18-12-6-5-10-16(14)18;4*1-3-7-15(8-4-1)17-11-13-18(14-12-17)16-9-5-2-6-10-16;1-2-6-10-8-4-3-7-9(10)5-1/h1-12H;4*1-14H;1-8H. The second-order valence-corrected chi connectivity index (χ2v) is 24.2. The van der Waals surface area contributed by atoms with E-state index >= 15 is 0 Å². The van der Waals surface area contributed by atoms with Crippen LogP contribution in [0.2, 0.25) is 0 Å². The van der Waals surface area contributed by atoms with E-state index < -0.39 is 0 Å². The molecule has 0 nitrogen and oxygen atoms in total.